The van der Waals surface area contributed by atoms with Gasteiger partial charge in [-0.25, -0.2) is 0 Å². The summed E-state index contributed by atoms with van der Waals surface area (Å²) in [6.45, 7) is 3.68. The van der Waals surface area contributed by atoms with Crippen LogP contribution in [0, 0.1) is 11.8 Å². The highest BCUT2D eigenvalue weighted by Crippen LogP contribution is 2.56. The van der Waals surface area contributed by atoms with E-state index in [4.69, 9.17) is 10.5 Å². The number of hydrogen-bond acceptors (Lipinski definition) is 10. The second-order valence-corrected chi connectivity index (χ2v) is 10.7. The highest BCUT2D eigenvalue weighted by atomic mass is 16.5. The van der Waals surface area contributed by atoms with Crippen LogP contribution in [0.5, 0.6) is 5.75 Å². The number of nitrogens with two attached hydrogens (primary N) is 1. The number of aromatic hydroxyl groups is 1. The molecule has 0 unspecified atom stereocenters. The number of phenols is 1. The molecule has 3 aliphatic rings. The minimum atomic E-state index is -2.94. The number of hydrogen-bond donors (Lipinski definition) is 5. The smallest absolute Gasteiger partial charge is 0.306 e. The van der Waals surface area contributed by atoms with E-state index in [1.54, 1.807) is 19.1 Å². The zero-order valence-electron chi connectivity index (χ0n) is 22.3. The molecular formula is C28H34N2O9. The Labute approximate surface area is 225 Å². The Morgan fingerprint density at radius 2 is 1.79 bits per heavy atom. The molecule has 6 N–H and O–H groups in total. The number of phenolic OH excluding ortho intramolecular Hbond substituents is 1. The second-order valence-electron chi connectivity index (χ2n) is 10.7. The van der Waals surface area contributed by atoms with E-state index < -0.39 is 76.0 Å². The summed E-state index contributed by atoms with van der Waals surface area (Å²) in [7, 11) is 2.96. The van der Waals surface area contributed by atoms with Gasteiger partial charge in [-0.2, -0.15) is 0 Å². The lowest BCUT2D eigenvalue weighted by Crippen LogP contribution is -2.71. The van der Waals surface area contributed by atoms with E-state index in [9.17, 15) is 39.6 Å². The van der Waals surface area contributed by atoms with E-state index in [2.05, 4.69) is 0 Å². The van der Waals surface area contributed by atoms with Crippen molar-refractivity contribution in [2.75, 3.05) is 14.1 Å². The molecule has 1 aromatic rings. The predicted molar refractivity (Wildman–Crippen MR) is 138 cm³/mol. The molecule has 0 aromatic heterocycles. The van der Waals surface area contributed by atoms with Crippen molar-refractivity contribution < 1.29 is 44.3 Å². The minimum absolute atomic E-state index is 0.0296. The van der Waals surface area contributed by atoms with Crippen molar-refractivity contribution in [3.8, 4) is 5.75 Å². The third-order valence-corrected chi connectivity index (χ3v) is 8.22. The van der Waals surface area contributed by atoms with Crippen molar-refractivity contribution in [3.05, 3.63) is 46.2 Å². The van der Waals surface area contributed by atoms with Gasteiger partial charge in [0, 0.05) is 17.9 Å². The van der Waals surface area contributed by atoms with Crippen LogP contribution in [0.25, 0.3) is 5.76 Å². The number of benzene rings is 1. The number of carbonyl (C=O) groups excluding carboxylic acids is 4. The van der Waals surface area contributed by atoms with Gasteiger partial charge in [0.2, 0.25) is 5.78 Å². The van der Waals surface area contributed by atoms with Crippen LogP contribution >= 0.6 is 0 Å². The van der Waals surface area contributed by atoms with E-state index in [1.165, 1.54) is 25.1 Å². The maximum Gasteiger partial charge on any atom is 0.306 e. The number of fused-ring (bicyclic) bond motifs is 3. The number of primary amides is 1. The van der Waals surface area contributed by atoms with Crippen LogP contribution in [-0.2, 0) is 23.9 Å². The third-order valence-electron chi connectivity index (χ3n) is 8.22. The molecule has 1 aromatic carbocycles. The number of rotatable bonds is 7. The van der Waals surface area contributed by atoms with E-state index >= 15 is 0 Å². The number of unbranched alkanes of at least 4 members (excludes halogenated alkanes) is 2. The molecular weight excluding hydrogens is 508 g/mol. The number of Topliss-reactive ketones (excluding diaryl/α,β-unsaturated/α-hetero) is 2. The number of aliphatic hydroxyl groups is 3. The molecule has 210 valence electrons. The molecule has 11 nitrogen and oxygen atoms in total. The fourth-order valence-electron chi connectivity index (χ4n) is 6.42. The predicted octanol–water partition coefficient (Wildman–Crippen LogP) is 1.63. The van der Waals surface area contributed by atoms with Crippen molar-refractivity contribution in [1.29, 1.82) is 0 Å². The van der Waals surface area contributed by atoms with Crippen LogP contribution in [-0.4, -0.2) is 80.6 Å². The first-order valence-electron chi connectivity index (χ1n) is 13.0. The minimum Gasteiger partial charge on any atom is -0.508 e. The van der Waals surface area contributed by atoms with Crippen molar-refractivity contribution in [2.45, 2.75) is 63.2 Å². The van der Waals surface area contributed by atoms with Crippen molar-refractivity contribution in [1.82, 2.24) is 4.90 Å². The molecule has 0 radical (unpaired) electrons. The van der Waals surface area contributed by atoms with E-state index in [0.29, 0.717) is 12.0 Å². The number of amides is 1. The molecule has 1 saturated carbocycles. The summed E-state index contributed by atoms with van der Waals surface area (Å²) in [5, 5.41) is 45.0. The summed E-state index contributed by atoms with van der Waals surface area (Å²) in [6.07, 6.45) is 0.766. The molecule has 0 heterocycles. The first-order chi connectivity index (χ1) is 18.3. The average molecular weight is 543 g/mol. The van der Waals surface area contributed by atoms with Gasteiger partial charge in [0.25, 0.3) is 5.91 Å². The van der Waals surface area contributed by atoms with Crippen LogP contribution in [0.15, 0.2) is 35.1 Å². The van der Waals surface area contributed by atoms with E-state index in [-0.39, 0.29) is 23.3 Å². The largest absolute Gasteiger partial charge is 0.508 e. The highest BCUT2D eigenvalue weighted by molar-refractivity contribution is 6.24. The molecule has 0 saturated heterocycles. The normalized spacial score (nSPS) is 30.2. The maximum atomic E-state index is 14.1. The molecule has 3 aliphatic carbocycles. The number of nitrogens with zero attached hydrogens (tertiary/aromatic N) is 1. The van der Waals surface area contributed by atoms with Crippen LogP contribution in [0.3, 0.4) is 0 Å². The van der Waals surface area contributed by atoms with Crippen molar-refractivity contribution in [2.24, 2.45) is 17.6 Å². The summed E-state index contributed by atoms with van der Waals surface area (Å²) < 4.78 is 5.94. The zero-order valence-corrected chi connectivity index (χ0v) is 22.3. The highest BCUT2D eigenvalue weighted by Gasteiger charge is 2.69. The number of esters is 1. The fourth-order valence-corrected chi connectivity index (χ4v) is 6.42. The lowest BCUT2D eigenvalue weighted by molar-refractivity contribution is -0.185. The Kier molecular flexibility index (Phi) is 7.35. The lowest BCUT2D eigenvalue weighted by Gasteiger charge is -2.54. The van der Waals surface area contributed by atoms with Gasteiger partial charge >= 0.3 is 5.97 Å². The standard InChI is InChI=1S/C28H34N2O9/c1-5-6-7-11-15(32)39-24-16-12(2)13-9-8-10-14(31)17(13)22(33)18(16)25(35)28(38)20(24)21(30(3)4)23(34)19(26(28)36)27(29)37/h8-10,12,16,20-21,24,31,33,36,38H,5-7,11H2,1-4H3,(H2,29,37)/t12-,16-,20+,21-,24-,28-/m1/s1. The first-order valence-corrected chi connectivity index (χ1v) is 13.0. The molecule has 1 fully saturated rings. The van der Waals surface area contributed by atoms with Gasteiger partial charge in [0.05, 0.1) is 17.5 Å². The number of ether oxygens (including phenoxy) is 1. The molecule has 0 aliphatic heterocycles. The van der Waals surface area contributed by atoms with Crippen LogP contribution in [0.1, 0.15) is 56.6 Å². The summed E-state index contributed by atoms with van der Waals surface area (Å²) >= 11 is 0. The molecule has 0 spiro atoms. The topological polar surface area (TPSA) is 188 Å². The van der Waals surface area contributed by atoms with Crippen LogP contribution in [0.2, 0.25) is 0 Å². The van der Waals surface area contributed by atoms with Crippen LogP contribution < -0.4 is 5.73 Å². The second kappa shape index (κ2) is 10.1. The Morgan fingerprint density at radius 1 is 1.13 bits per heavy atom. The first kappa shape index (κ1) is 28.3. The summed E-state index contributed by atoms with van der Waals surface area (Å²) in [4.78, 5) is 54.3. The molecule has 4 rings (SSSR count). The van der Waals surface area contributed by atoms with E-state index in [1.807, 2.05) is 6.92 Å². The maximum absolute atomic E-state index is 14.1. The number of likely N-dealkylation sites (N-methyl/N-ethyl adjacent to an activating group) is 1. The van der Waals surface area contributed by atoms with Crippen LogP contribution in [0.4, 0.5) is 0 Å². The lowest BCUT2D eigenvalue weighted by atomic mass is 9.54. The summed E-state index contributed by atoms with van der Waals surface area (Å²) in [5.74, 6) is -9.57. The fraction of sp³-hybridized carbons (Fsp3) is 0.500. The molecule has 11 heteroatoms. The Bertz CT molecular complexity index is 1310. The van der Waals surface area contributed by atoms with Crippen molar-refractivity contribution >= 4 is 29.2 Å². The number of carbonyl (C=O) groups is 4. The Balaban J connectivity index is 2.03. The van der Waals surface area contributed by atoms with Gasteiger partial charge in [-0.15, -0.1) is 0 Å². The van der Waals surface area contributed by atoms with Gasteiger partial charge < -0.3 is 30.9 Å². The van der Waals surface area contributed by atoms with Gasteiger partial charge in [-0.05, 0) is 38.1 Å². The summed E-state index contributed by atoms with van der Waals surface area (Å²) in [6, 6.07) is 3.14. The summed E-state index contributed by atoms with van der Waals surface area (Å²) in [5.41, 5.74) is 1.55. The van der Waals surface area contributed by atoms with Gasteiger partial charge in [-0.1, -0.05) is 38.8 Å². The Hall–Kier alpha value is -3.70. The zero-order chi connectivity index (χ0) is 29.0. The monoisotopic (exact) mass is 542 g/mol. The molecule has 0 bridgehead atoms. The number of ketones is 2. The van der Waals surface area contributed by atoms with Gasteiger partial charge in [0.15, 0.2) is 11.4 Å². The average Bonchev–Trinajstić information content (AvgIpc) is 2.85. The molecule has 6 atom stereocenters. The molecule has 39 heavy (non-hydrogen) atoms. The van der Waals surface area contributed by atoms with E-state index in [0.717, 1.165) is 12.8 Å². The SMILES string of the molecule is CCCCCC(=O)O[C@@H]1[C@H]2C(=C(O)c3c(O)cccc3[C@H]2C)C(=O)[C@@]2(O)C(O)=C(C(N)=O)C(=O)[C@H](N(C)C)[C@@H]12. The number of aliphatic hydroxyl groups excluding tert-OH is 2. The Morgan fingerprint density at radius 3 is 2.38 bits per heavy atom. The van der Waals surface area contributed by atoms with Gasteiger partial charge in [0.1, 0.15) is 28.9 Å². The molecule has 1 amide bonds. The quantitative estimate of drug-likeness (QED) is 0.192. The van der Waals surface area contributed by atoms with Gasteiger partial charge in [-0.3, -0.25) is 24.1 Å². The van der Waals surface area contributed by atoms with Crippen molar-refractivity contribution in [3.63, 3.8) is 0 Å². The third kappa shape index (κ3) is 4.11.